The van der Waals surface area contributed by atoms with Crippen molar-refractivity contribution in [2.75, 3.05) is 0 Å². The first kappa shape index (κ1) is 31.7. The summed E-state index contributed by atoms with van der Waals surface area (Å²) in [5, 5.41) is 18.2. The average molecular weight is 517 g/mol. The molecule has 2 N–H and O–H groups in total. The Bertz CT molecular complexity index is 783. The smallest absolute Gasteiger partial charge is 0.303 e. The van der Waals surface area contributed by atoms with Crippen molar-refractivity contribution in [3.8, 4) is 5.75 Å². The third kappa shape index (κ3) is 16.4. The number of unbranched alkanes of at least 4 members (excludes halogenated alkanes) is 14. The second-order valence-electron chi connectivity index (χ2n) is 9.48. The number of halogens is 1. The molecule has 4 nitrogen and oxygen atoms in total. The predicted octanol–water partition coefficient (Wildman–Crippen LogP) is 9.61. The Labute approximate surface area is 223 Å². The first-order chi connectivity index (χ1) is 17.4. The maximum absolute atomic E-state index is 11.9. The normalized spacial score (nSPS) is 10.5. The fourth-order valence-electron chi connectivity index (χ4n) is 4.03. The van der Waals surface area contributed by atoms with E-state index in [0.29, 0.717) is 22.6 Å². The molecular formula is C31H45ClO4. The second-order valence-corrected chi connectivity index (χ2v) is 9.91. The molecule has 0 amide bonds. The number of benzene rings is 2. The van der Waals surface area contributed by atoms with Crippen LogP contribution in [0.25, 0.3) is 0 Å². The molecule has 0 spiro atoms. The molecule has 0 saturated heterocycles. The minimum atomic E-state index is -0.653. The number of carboxylic acids is 1. The highest BCUT2D eigenvalue weighted by Gasteiger charge is 2.08. The Morgan fingerprint density at radius 3 is 1.36 bits per heavy atom. The van der Waals surface area contributed by atoms with E-state index in [1.54, 1.807) is 36.4 Å². The van der Waals surface area contributed by atoms with Gasteiger partial charge in [-0.2, -0.15) is 0 Å². The molecule has 0 fully saturated rings. The lowest BCUT2D eigenvalue weighted by Crippen LogP contribution is -2.00. The van der Waals surface area contributed by atoms with Gasteiger partial charge in [0.25, 0.3) is 0 Å². The number of aliphatic carboxylic acids is 1. The van der Waals surface area contributed by atoms with E-state index in [1.165, 1.54) is 95.6 Å². The Kier molecular flexibility index (Phi) is 18.3. The van der Waals surface area contributed by atoms with Crippen LogP contribution in [0.5, 0.6) is 5.75 Å². The van der Waals surface area contributed by atoms with Gasteiger partial charge in [-0.25, -0.2) is 0 Å². The highest BCUT2D eigenvalue weighted by atomic mass is 35.5. The van der Waals surface area contributed by atoms with Crippen molar-refractivity contribution < 1.29 is 19.8 Å². The zero-order valence-electron chi connectivity index (χ0n) is 22.0. The molecule has 2 aromatic rings. The molecule has 0 saturated carbocycles. The van der Waals surface area contributed by atoms with E-state index in [2.05, 4.69) is 6.92 Å². The highest BCUT2D eigenvalue weighted by molar-refractivity contribution is 6.30. The van der Waals surface area contributed by atoms with Gasteiger partial charge in [0, 0.05) is 22.6 Å². The summed E-state index contributed by atoms with van der Waals surface area (Å²) in [5.41, 5.74) is 1.12. The van der Waals surface area contributed by atoms with Crippen LogP contribution in [-0.2, 0) is 4.79 Å². The first-order valence-electron chi connectivity index (χ1n) is 13.7. The van der Waals surface area contributed by atoms with Crippen LogP contribution < -0.4 is 0 Å². The highest BCUT2D eigenvalue weighted by Crippen LogP contribution is 2.16. The number of carboxylic acid groups (broad SMARTS) is 1. The number of hydrogen-bond acceptors (Lipinski definition) is 3. The van der Waals surface area contributed by atoms with E-state index in [1.807, 2.05) is 0 Å². The van der Waals surface area contributed by atoms with Crippen molar-refractivity contribution in [3.63, 3.8) is 0 Å². The van der Waals surface area contributed by atoms with E-state index in [-0.39, 0.29) is 11.5 Å². The number of rotatable bonds is 18. The lowest BCUT2D eigenvalue weighted by Gasteiger charge is -2.03. The molecule has 0 aliphatic heterocycles. The number of aromatic hydroxyl groups is 1. The topological polar surface area (TPSA) is 74.6 Å². The monoisotopic (exact) mass is 516 g/mol. The van der Waals surface area contributed by atoms with Crippen molar-refractivity contribution in [3.05, 3.63) is 64.7 Å². The SMILES string of the molecule is CCCCCCCCCCCCCCCCCC(=O)O.O=C(c1ccc(O)cc1)c1ccc(Cl)cc1. The van der Waals surface area contributed by atoms with Crippen LogP contribution in [-0.4, -0.2) is 22.0 Å². The fraction of sp³-hybridized carbons (Fsp3) is 0.548. The van der Waals surface area contributed by atoms with Crippen LogP contribution in [0.15, 0.2) is 48.5 Å². The molecule has 0 aromatic heterocycles. The molecule has 0 heterocycles. The summed E-state index contributed by atoms with van der Waals surface area (Å²) in [6.07, 6.45) is 20.2. The molecule has 0 aliphatic rings. The summed E-state index contributed by atoms with van der Waals surface area (Å²) in [5.74, 6) is -0.594. The van der Waals surface area contributed by atoms with Crippen molar-refractivity contribution in [2.24, 2.45) is 0 Å². The average Bonchev–Trinajstić information content (AvgIpc) is 2.87. The van der Waals surface area contributed by atoms with E-state index in [4.69, 9.17) is 21.8 Å². The van der Waals surface area contributed by atoms with Crippen LogP contribution in [0.3, 0.4) is 0 Å². The Morgan fingerprint density at radius 1 is 0.611 bits per heavy atom. The van der Waals surface area contributed by atoms with Crippen LogP contribution >= 0.6 is 11.6 Å². The number of carbonyl (C=O) groups excluding carboxylic acids is 1. The number of carbonyl (C=O) groups is 2. The van der Waals surface area contributed by atoms with Gasteiger partial charge in [0.2, 0.25) is 0 Å². The summed E-state index contributed by atoms with van der Waals surface area (Å²) in [4.78, 5) is 22.3. The van der Waals surface area contributed by atoms with Gasteiger partial charge < -0.3 is 10.2 Å². The van der Waals surface area contributed by atoms with Gasteiger partial charge in [-0.15, -0.1) is 0 Å². The summed E-state index contributed by atoms with van der Waals surface area (Å²) in [6, 6.07) is 12.9. The molecule has 2 rings (SSSR count). The third-order valence-corrected chi connectivity index (χ3v) is 6.48. The predicted molar refractivity (Wildman–Crippen MR) is 150 cm³/mol. The van der Waals surface area contributed by atoms with Gasteiger partial charge >= 0.3 is 5.97 Å². The van der Waals surface area contributed by atoms with Gasteiger partial charge in [0.15, 0.2) is 5.78 Å². The first-order valence-corrected chi connectivity index (χ1v) is 14.1. The third-order valence-electron chi connectivity index (χ3n) is 6.23. The van der Waals surface area contributed by atoms with E-state index >= 15 is 0 Å². The standard InChI is InChI=1S/C18H36O2.C13H9ClO2/c1-2-3-4-5-6-7-8-9-10-11-12-13-14-15-16-17-18(19)20;14-11-5-1-9(2-6-11)13(16)10-3-7-12(15)8-4-10/h2-17H2,1H3,(H,19,20);1-8,15H. The van der Waals surface area contributed by atoms with Crippen LogP contribution in [0, 0.1) is 0 Å². The molecule has 2 aromatic carbocycles. The molecule has 36 heavy (non-hydrogen) atoms. The maximum atomic E-state index is 11.9. The molecule has 0 aliphatic carbocycles. The fourth-order valence-corrected chi connectivity index (χ4v) is 4.15. The van der Waals surface area contributed by atoms with Gasteiger partial charge in [-0.1, -0.05) is 108 Å². The number of phenolic OH excluding ortho intramolecular Hbond substituents is 1. The van der Waals surface area contributed by atoms with Crippen molar-refractivity contribution in [2.45, 2.75) is 110 Å². The Balaban J connectivity index is 0.000000367. The second kappa shape index (κ2) is 20.8. The molecule has 0 unspecified atom stereocenters. The molecule has 200 valence electrons. The number of ketones is 1. The van der Waals surface area contributed by atoms with Crippen LogP contribution in [0.4, 0.5) is 0 Å². The van der Waals surface area contributed by atoms with Crippen molar-refractivity contribution >= 4 is 23.4 Å². The van der Waals surface area contributed by atoms with Crippen LogP contribution in [0.1, 0.15) is 126 Å². The minimum absolute atomic E-state index is 0.0864. The minimum Gasteiger partial charge on any atom is -0.508 e. The lowest BCUT2D eigenvalue weighted by molar-refractivity contribution is -0.137. The van der Waals surface area contributed by atoms with Gasteiger partial charge in [0.1, 0.15) is 5.75 Å². The molecule has 0 radical (unpaired) electrons. The summed E-state index contributed by atoms with van der Waals surface area (Å²) >= 11 is 5.74. The summed E-state index contributed by atoms with van der Waals surface area (Å²) < 4.78 is 0. The van der Waals surface area contributed by atoms with E-state index < -0.39 is 5.97 Å². The lowest BCUT2D eigenvalue weighted by atomic mass is 10.0. The molecule has 0 bridgehead atoms. The van der Waals surface area contributed by atoms with Crippen molar-refractivity contribution in [1.29, 1.82) is 0 Å². The van der Waals surface area contributed by atoms with Gasteiger partial charge in [0.05, 0.1) is 0 Å². The number of phenols is 1. The van der Waals surface area contributed by atoms with Gasteiger partial charge in [-0.05, 0) is 55.0 Å². The number of hydrogen-bond donors (Lipinski definition) is 2. The van der Waals surface area contributed by atoms with Crippen molar-refractivity contribution in [1.82, 2.24) is 0 Å². The Morgan fingerprint density at radius 2 is 0.972 bits per heavy atom. The maximum Gasteiger partial charge on any atom is 0.303 e. The van der Waals surface area contributed by atoms with E-state index in [9.17, 15) is 9.59 Å². The quantitative estimate of drug-likeness (QED) is 0.153. The van der Waals surface area contributed by atoms with Gasteiger partial charge in [-0.3, -0.25) is 9.59 Å². The largest absolute Gasteiger partial charge is 0.508 e. The molecular weight excluding hydrogens is 472 g/mol. The summed E-state index contributed by atoms with van der Waals surface area (Å²) in [7, 11) is 0. The zero-order chi connectivity index (χ0) is 26.4. The zero-order valence-corrected chi connectivity index (χ0v) is 22.8. The van der Waals surface area contributed by atoms with E-state index in [0.717, 1.165) is 12.8 Å². The summed E-state index contributed by atoms with van der Waals surface area (Å²) in [6.45, 7) is 2.27. The Hall–Kier alpha value is -2.33. The van der Waals surface area contributed by atoms with Crippen LogP contribution in [0.2, 0.25) is 5.02 Å². The molecule has 5 heteroatoms. The molecule has 0 atom stereocenters.